The van der Waals surface area contributed by atoms with Gasteiger partial charge in [-0.05, 0) is 42.7 Å². The van der Waals surface area contributed by atoms with E-state index in [0.717, 1.165) is 10.6 Å². The third kappa shape index (κ3) is 5.79. The Labute approximate surface area is 185 Å². The molecule has 0 atom stereocenters. The number of hydrogen-bond acceptors (Lipinski definition) is 6. The minimum atomic E-state index is -0.368. The van der Waals surface area contributed by atoms with E-state index in [9.17, 15) is 9.59 Å². The molecule has 31 heavy (non-hydrogen) atoms. The van der Waals surface area contributed by atoms with Crippen LogP contribution in [0.15, 0.2) is 42.6 Å². The Bertz CT molecular complexity index is 1090. The second-order valence-electron chi connectivity index (χ2n) is 7.85. The Morgan fingerprint density at radius 3 is 2.35 bits per heavy atom. The quantitative estimate of drug-likeness (QED) is 0.522. The van der Waals surface area contributed by atoms with E-state index in [1.807, 2.05) is 6.92 Å². The first kappa shape index (κ1) is 22.2. The van der Waals surface area contributed by atoms with Gasteiger partial charge < -0.3 is 15.4 Å². The highest BCUT2D eigenvalue weighted by molar-refractivity contribution is 7.16. The smallest absolute Gasteiger partial charge is 0.325 e. The number of pyridine rings is 1. The topological polar surface area (TPSA) is 105 Å². The first-order valence-electron chi connectivity index (χ1n) is 9.67. The second-order valence-corrected chi connectivity index (χ2v) is 8.84. The molecule has 0 aliphatic heterocycles. The van der Waals surface area contributed by atoms with Crippen molar-refractivity contribution in [3.63, 3.8) is 0 Å². The molecule has 0 aliphatic carbocycles. The van der Waals surface area contributed by atoms with E-state index in [1.165, 1.54) is 17.5 Å². The molecule has 3 aromatic rings. The highest BCUT2D eigenvalue weighted by atomic mass is 32.1. The molecule has 0 saturated carbocycles. The lowest BCUT2D eigenvalue weighted by Gasteiger charge is -2.16. The largest absolute Gasteiger partial charge is 0.457 e. The number of ether oxygens (including phenoxy) is 1. The van der Waals surface area contributed by atoms with Crippen LogP contribution in [-0.2, 0) is 5.41 Å². The summed E-state index contributed by atoms with van der Waals surface area (Å²) in [7, 11) is 1.54. The summed E-state index contributed by atoms with van der Waals surface area (Å²) in [5.74, 6) is 0.757. The van der Waals surface area contributed by atoms with E-state index < -0.39 is 0 Å². The Morgan fingerprint density at radius 2 is 1.74 bits per heavy atom. The molecule has 1 aromatic carbocycles. The third-order valence-corrected chi connectivity index (χ3v) is 5.74. The third-order valence-electron chi connectivity index (χ3n) is 4.24. The molecule has 8 nitrogen and oxygen atoms in total. The minimum absolute atomic E-state index is 0.0239. The van der Waals surface area contributed by atoms with Gasteiger partial charge in [0.15, 0.2) is 5.13 Å². The van der Waals surface area contributed by atoms with Gasteiger partial charge in [-0.25, -0.2) is 9.78 Å². The van der Waals surface area contributed by atoms with Crippen LogP contribution in [0.5, 0.6) is 11.5 Å². The maximum Gasteiger partial charge on any atom is 0.325 e. The Kier molecular flexibility index (Phi) is 6.55. The van der Waals surface area contributed by atoms with Gasteiger partial charge in [0.25, 0.3) is 5.91 Å². The number of hydrogen-bond donors (Lipinski definition) is 3. The first-order valence-corrected chi connectivity index (χ1v) is 10.5. The summed E-state index contributed by atoms with van der Waals surface area (Å²) in [6.45, 7) is 8.30. The monoisotopic (exact) mass is 439 g/mol. The first-order chi connectivity index (χ1) is 14.7. The van der Waals surface area contributed by atoms with Crippen molar-refractivity contribution < 1.29 is 14.3 Å². The molecule has 0 aliphatic rings. The molecule has 3 amide bonds. The van der Waals surface area contributed by atoms with Crippen LogP contribution in [-0.4, -0.2) is 29.0 Å². The van der Waals surface area contributed by atoms with Gasteiger partial charge in [0.05, 0.1) is 5.69 Å². The van der Waals surface area contributed by atoms with Crippen molar-refractivity contribution in [3.05, 3.63) is 58.9 Å². The van der Waals surface area contributed by atoms with E-state index in [4.69, 9.17) is 4.74 Å². The summed E-state index contributed by atoms with van der Waals surface area (Å²) >= 11 is 1.48. The molecule has 2 aromatic heterocycles. The molecule has 0 spiro atoms. The number of rotatable bonds is 5. The Hall–Kier alpha value is -3.46. The van der Waals surface area contributed by atoms with Gasteiger partial charge in [0.2, 0.25) is 0 Å². The number of carbonyl (C=O) groups is 2. The number of aryl methyl sites for hydroxylation is 1. The highest BCUT2D eigenvalue weighted by Crippen LogP contribution is 2.33. The molecule has 0 fully saturated rings. The van der Waals surface area contributed by atoms with E-state index in [0.29, 0.717) is 22.3 Å². The number of thiazole rings is 1. The normalized spacial score (nSPS) is 11.0. The summed E-state index contributed by atoms with van der Waals surface area (Å²) in [4.78, 5) is 33.6. The van der Waals surface area contributed by atoms with Gasteiger partial charge in [0, 0.05) is 29.9 Å². The van der Waals surface area contributed by atoms with Crippen LogP contribution in [0.4, 0.5) is 15.6 Å². The van der Waals surface area contributed by atoms with Crippen LogP contribution in [0.3, 0.4) is 0 Å². The zero-order valence-corrected chi connectivity index (χ0v) is 18.9. The zero-order chi connectivity index (χ0) is 22.6. The molecule has 0 bridgehead atoms. The average molecular weight is 440 g/mol. The van der Waals surface area contributed by atoms with Gasteiger partial charge in [0.1, 0.15) is 17.2 Å². The number of carbonyl (C=O) groups excluding carboxylic acids is 2. The number of urea groups is 1. The van der Waals surface area contributed by atoms with Crippen molar-refractivity contribution in [2.45, 2.75) is 33.1 Å². The van der Waals surface area contributed by atoms with Crippen molar-refractivity contribution in [2.24, 2.45) is 0 Å². The second kappa shape index (κ2) is 9.13. The van der Waals surface area contributed by atoms with Crippen LogP contribution in [0.1, 0.15) is 41.8 Å². The van der Waals surface area contributed by atoms with Crippen molar-refractivity contribution in [3.8, 4) is 11.5 Å². The highest BCUT2D eigenvalue weighted by Gasteiger charge is 2.21. The van der Waals surface area contributed by atoms with Gasteiger partial charge >= 0.3 is 6.03 Å². The summed E-state index contributed by atoms with van der Waals surface area (Å²) in [5.41, 5.74) is 1.77. The number of nitrogens with one attached hydrogen (secondary N) is 3. The predicted molar refractivity (Wildman–Crippen MR) is 122 cm³/mol. The van der Waals surface area contributed by atoms with E-state index >= 15 is 0 Å². The number of benzene rings is 1. The average Bonchev–Trinajstić information content (AvgIpc) is 3.09. The summed E-state index contributed by atoms with van der Waals surface area (Å²) in [6.07, 6.45) is 1.51. The maximum absolute atomic E-state index is 12.3. The number of nitrogens with zero attached hydrogens (tertiary/aromatic N) is 2. The fourth-order valence-electron chi connectivity index (χ4n) is 2.87. The number of aromatic nitrogens is 2. The number of anilines is 2. The van der Waals surface area contributed by atoms with Gasteiger partial charge in [-0.15, -0.1) is 11.3 Å². The molecule has 3 N–H and O–H groups in total. The van der Waals surface area contributed by atoms with Crippen LogP contribution in [0.25, 0.3) is 0 Å². The molecular weight excluding hydrogens is 414 g/mol. The Morgan fingerprint density at radius 1 is 1.03 bits per heavy atom. The lowest BCUT2D eigenvalue weighted by molar-refractivity contribution is 0.0958. The van der Waals surface area contributed by atoms with Crippen LogP contribution in [0.2, 0.25) is 0 Å². The van der Waals surface area contributed by atoms with Gasteiger partial charge in [-0.3, -0.25) is 15.1 Å². The van der Waals surface area contributed by atoms with Crippen molar-refractivity contribution >= 4 is 34.1 Å². The number of amides is 3. The molecule has 0 unspecified atom stereocenters. The lowest BCUT2D eigenvalue weighted by Crippen LogP contribution is -2.19. The summed E-state index contributed by atoms with van der Waals surface area (Å²) in [5, 5.41) is 8.64. The van der Waals surface area contributed by atoms with Crippen molar-refractivity contribution in [2.75, 3.05) is 17.7 Å². The minimum Gasteiger partial charge on any atom is -0.457 e. The van der Waals surface area contributed by atoms with Crippen LogP contribution >= 0.6 is 11.3 Å². The lowest BCUT2D eigenvalue weighted by atomic mass is 9.94. The predicted octanol–water partition coefficient (Wildman–Crippen LogP) is 4.94. The molecule has 3 rings (SSSR count). The van der Waals surface area contributed by atoms with Crippen LogP contribution in [0, 0.1) is 6.92 Å². The zero-order valence-electron chi connectivity index (χ0n) is 18.1. The molecular formula is C22H25N5O3S. The molecule has 0 radical (unpaired) electrons. The Balaban J connectivity index is 1.61. The SMILES string of the molecule is CNC(=O)c1cc(Oc2ccc(NC(=O)Nc3nc(C)c(C(C)(C)C)s3)cc2)ccn1. The maximum atomic E-state index is 12.3. The summed E-state index contributed by atoms with van der Waals surface area (Å²) in [6, 6.07) is 9.75. The molecule has 2 heterocycles. The van der Waals surface area contributed by atoms with E-state index in [1.54, 1.807) is 43.4 Å². The summed E-state index contributed by atoms with van der Waals surface area (Å²) < 4.78 is 5.76. The molecule has 162 valence electrons. The molecule has 9 heteroatoms. The van der Waals surface area contributed by atoms with E-state index in [2.05, 4.69) is 46.7 Å². The van der Waals surface area contributed by atoms with Gasteiger partial charge in [-0.2, -0.15) is 0 Å². The van der Waals surface area contributed by atoms with Crippen molar-refractivity contribution in [1.82, 2.24) is 15.3 Å². The van der Waals surface area contributed by atoms with Gasteiger partial charge in [-0.1, -0.05) is 20.8 Å². The van der Waals surface area contributed by atoms with E-state index in [-0.39, 0.29) is 23.0 Å². The standard InChI is InChI=1S/C22H25N5O3S/c1-13-18(22(2,3)4)31-21(25-13)27-20(29)26-14-6-8-15(9-7-14)30-16-10-11-24-17(12-16)19(28)23-5/h6-12H,1-5H3,(H,23,28)(H2,25,26,27,29). The molecule has 0 saturated heterocycles. The van der Waals surface area contributed by atoms with Crippen LogP contribution < -0.4 is 20.7 Å². The fraction of sp³-hybridized carbons (Fsp3) is 0.273. The van der Waals surface area contributed by atoms with Crippen molar-refractivity contribution in [1.29, 1.82) is 0 Å². The fourth-order valence-corrected chi connectivity index (χ4v) is 3.89.